The molecule has 0 amide bonds. The summed E-state index contributed by atoms with van der Waals surface area (Å²) in [4.78, 5) is 17.3. The second-order valence-corrected chi connectivity index (χ2v) is 15.4. The molecule has 44 heavy (non-hydrogen) atoms. The first-order valence-corrected chi connectivity index (χ1v) is 21.9. The van der Waals surface area contributed by atoms with Crippen molar-refractivity contribution in [3.05, 3.63) is 0 Å². The zero-order valence-corrected chi connectivity index (χ0v) is 31.1. The zero-order valence-electron chi connectivity index (χ0n) is 29.4. The van der Waals surface area contributed by atoms with E-state index >= 15 is 0 Å². The third-order valence-corrected chi connectivity index (χ3v) is 10.1. The van der Waals surface area contributed by atoms with E-state index in [1.807, 2.05) is 0 Å². The van der Waals surface area contributed by atoms with Crippen molar-refractivity contribution >= 4 is 19.4 Å². The number of hydrogen-bond donors (Lipinski definition) is 2. The van der Waals surface area contributed by atoms with Crippen LogP contribution in [0.5, 0.6) is 0 Å². The van der Waals surface area contributed by atoms with Crippen LogP contribution in [0.2, 0.25) is 0 Å². The molecule has 6 heteroatoms. The fourth-order valence-electron chi connectivity index (χ4n) is 6.39. The molecule has 0 bridgehead atoms. The van der Waals surface area contributed by atoms with Gasteiger partial charge in [0.2, 0.25) is 0 Å². The molecule has 4 nitrogen and oxygen atoms in total. The molecular weight excluding hydrogens is 587 g/mol. The van der Waals surface area contributed by atoms with Crippen molar-refractivity contribution in [3.63, 3.8) is 0 Å². The van der Waals surface area contributed by atoms with Crippen molar-refractivity contribution < 1.29 is 18.9 Å². The van der Waals surface area contributed by atoms with Crippen LogP contribution in [0.1, 0.15) is 231 Å². The minimum atomic E-state index is -4.27. The van der Waals surface area contributed by atoms with Crippen molar-refractivity contribution in [2.45, 2.75) is 231 Å². The lowest BCUT2D eigenvalue weighted by Gasteiger charge is -2.05. The van der Waals surface area contributed by atoms with Crippen LogP contribution in [0.15, 0.2) is 0 Å². The summed E-state index contributed by atoms with van der Waals surface area (Å²) in [5.74, 6) is 0.838. The van der Waals surface area contributed by atoms with Gasteiger partial charge in [0.25, 0.3) is 0 Å². The van der Waals surface area contributed by atoms with Crippen LogP contribution in [-0.2, 0) is 9.09 Å². The van der Waals surface area contributed by atoms with Crippen molar-refractivity contribution in [2.24, 2.45) is 0 Å². The van der Waals surface area contributed by atoms with Gasteiger partial charge in [0.15, 0.2) is 0 Å². The van der Waals surface area contributed by atoms with Gasteiger partial charge in [-0.15, -0.1) is 11.6 Å². The maximum absolute atomic E-state index is 10.6. The summed E-state index contributed by atoms with van der Waals surface area (Å²) in [6, 6.07) is 0. The Balaban J connectivity index is 3.05. The van der Waals surface area contributed by atoms with E-state index in [0.29, 0.717) is 0 Å². The summed E-state index contributed by atoms with van der Waals surface area (Å²) in [5, 5.41) is 0. The number of halogens is 1. The van der Waals surface area contributed by atoms with Crippen molar-refractivity contribution in [2.75, 3.05) is 12.5 Å². The van der Waals surface area contributed by atoms with Gasteiger partial charge < -0.3 is 9.79 Å². The van der Waals surface area contributed by atoms with Crippen molar-refractivity contribution in [3.8, 4) is 0 Å². The van der Waals surface area contributed by atoms with E-state index in [0.717, 1.165) is 25.1 Å². The third kappa shape index (κ3) is 42.4. The van der Waals surface area contributed by atoms with Crippen LogP contribution in [0.4, 0.5) is 0 Å². The van der Waals surface area contributed by atoms with E-state index < -0.39 is 7.82 Å². The number of unbranched alkanes of at least 4 members (excludes halogenated alkanes) is 35. The van der Waals surface area contributed by atoms with Crippen LogP contribution < -0.4 is 0 Å². The molecule has 0 spiro atoms. The molecule has 0 saturated heterocycles. The monoisotopic (exact) mass is 665 g/mol. The topological polar surface area (TPSA) is 66.8 Å². The number of rotatable bonds is 39. The summed E-state index contributed by atoms with van der Waals surface area (Å²) < 4.78 is 15.1. The second kappa shape index (κ2) is 37.9. The lowest BCUT2D eigenvalue weighted by atomic mass is 10.0. The summed E-state index contributed by atoms with van der Waals surface area (Å²) in [6.07, 6.45) is 49.6. The molecule has 0 rings (SSSR count). The molecule has 0 aliphatic heterocycles. The Kier molecular flexibility index (Phi) is 38.2. The molecule has 0 aliphatic rings. The third-order valence-electron chi connectivity index (χ3n) is 9.29. The Labute approximate surface area is 281 Å². The van der Waals surface area contributed by atoms with E-state index in [4.69, 9.17) is 21.4 Å². The maximum atomic E-state index is 10.6. The Morgan fingerprint density at radius 1 is 0.318 bits per heavy atom. The Hall–Kier alpha value is 0.400. The van der Waals surface area contributed by atoms with Crippen LogP contribution in [0.25, 0.3) is 0 Å². The van der Waals surface area contributed by atoms with Crippen molar-refractivity contribution in [1.29, 1.82) is 0 Å². The van der Waals surface area contributed by atoms with E-state index in [-0.39, 0.29) is 6.61 Å². The average Bonchev–Trinajstić information content (AvgIpc) is 3.00. The normalized spacial score (nSPS) is 12.0. The zero-order chi connectivity index (χ0) is 32.1. The number of hydrogen-bond acceptors (Lipinski definition) is 2. The fourth-order valence-corrected chi connectivity index (χ4v) is 6.95. The Morgan fingerprint density at radius 3 is 0.636 bits per heavy atom. The van der Waals surface area contributed by atoms with Gasteiger partial charge in [0, 0.05) is 5.88 Å². The predicted octanol–water partition coefficient (Wildman–Crippen LogP) is 14.4. The van der Waals surface area contributed by atoms with Gasteiger partial charge in [-0.3, -0.25) is 4.52 Å². The summed E-state index contributed by atoms with van der Waals surface area (Å²) in [6.45, 7) is 0.169. The molecule has 0 radical (unpaired) electrons. The van der Waals surface area contributed by atoms with Gasteiger partial charge in [-0.2, -0.15) is 0 Å². The molecule has 0 unspecified atom stereocenters. The lowest BCUT2D eigenvalue weighted by molar-refractivity contribution is 0.193. The first kappa shape index (κ1) is 44.4. The molecule has 0 aromatic heterocycles. The predicted molar refractivity (Wildman–Crippen MR) is 195 cm³/mol. The molecule has 0 aromatic carbocycles. The highest BCUT2D eigenvalue weighted by Crippen LogP contribution is 2.35. The number of phosphoric acid groups is 1. The van der Waals surface area contributed by atoms with Gasteiger partial charge in [0.05, 0.1) is 6.61 Å². The molecule has 0 atom stereocenters. The summed E-state index contributed by atoms with van der Waals surface area (Å²) in [7, 11) is -4.27. The molecule has 0 saturated carbocycles. The molecule has 2 N–H and O–H groups in total. The van der Waals surface area contributed by atoms with Crippen LogP contribution in [0, 0.1) is 0 Å². The van der Waals surface area contributed by atoms with E-state index in [9.17, 15) is 4.57 Å². The first-order chi connectivity index (χ1) is 21.6. The van der Waals surface area contributed by atoms with Crippen molar-refractivity contribution in [1.82, 2.24) is 0 Å². The fraction of sp³-hybridized carbons (Fsp3) is 1.00. The SMILES string of the molecule is O=P(O)(O)OCCCCCCCCCCCCCCCCCCCCCCCCCCCCCCCCCCCCCCCl. The van der Waals surface area contributed by atoms with Crippen LogP contribution >= 0.6 is 19.4 Å². The molecule has 0 aliphatic carbocycles. The summed E-state index contributed by atoms with van der Waals surface area (Å²) in [5.41, 5.74) is 0. The highest BCUT2D eigenvalue weighted by Gasteiger charge is 2.12. The maximum Gasteiger partial charge on any atom is 0.469 e. The van der Waals surface area contributed by atoms with E-state index in [1.165, 1.54) is 212 Å². The Morgan fingerprint density at radius 2 is 0.477 bits per heavy atom. The van der Waals surface area contributed by atoms with E-state index in [1.54, 1.807) is 0 Å². The molecular formula is C38H78ClO4P. The molecule has 0 fully saturated rings. The lowest BCUT2D eigenvalue weighted by Crippen LogP contribution is -1.92. The summed E-state index contributed by atoms with van der Waals surface area (Å²) >= 11 is 5.73. The quantitative estimate of drug-likeness (QED) is 0.0390. The molecule has 0 heterocycles. The smallest absolute Gasteiger partial charge is 0.303 e. The van der Waals surface area contributed by atoms with Gasteiger partial charge in [-0.25, -0.2) is 4.57 Å². The van der Waals surface area contributed by atoms with E-state index in [2.05, 4.69) is 4.52 Å². The highest BCUT2D eigenvalue weighted by molar-refractivity contribution is 7.46. The number of alkyl halides is 1. The van der Waals surface area contributed by atoms with Gasteiger partial charge in [0.1, 0.15) is 0 Å². The second-order valence-electron chi connectivity index (χ2n) is 13.7. The first-order valence-electron chi connectivity index (χ1n) is 19.8. The van der Waals surface area contributed by atoms with Crippen LogP contribution in [0.3, 0.4) is 0 Å². The molecule has 0 aromatic rings. The highest BCUT2D eigenvalue weighted by atomic mass is 35.5. The Bertz CT molecular complexity index is 571. The standard InChI is InChI=1S/C38H78ClO4P/c39-37-35-33-31-29-27-25-23-21-19-17-15-13-11-9-7-5-3-1-2-4-6-8-10-12-14-16-18-20-22-24-26-28-30-32-34-36-38-43-44(40,41)42/h1-38H2,(H2,40,41,42). The minimum absolute atomic E-state index is 0.169. The van der Waals surface area contributed by atoms with Gasteiger partial charge in [-0.05, 0) is 12.8 Å². The van der Waals surface area contributed by atoms with Gasteiger partial charge in [-0.1, -0.05) is 218 Å². The largest absolute Gasteiger partial charge is 0.469 e. The minimum Gasteiger partial charge on any atom is -0.303 e. The number of phosphoric ester groups is 1. The average molecular weight is 665 g/mol. The van der Waals surface area contributed by atoms with Gasteiger partial charge >= 0.3 is 7.82 Å². The van der Waals surface area contributed by atoms with Crippen LogP contribution in [-0.4, -0.2) is 22.3 Å². The molecule has 266 valence electrons.